The fourth-order valence-electron chi connectivity index (χ4n) is 3.92. The average molecular weight is 354 g/mol. The van der Waals surface area contributed by atoms with E-state index in [4.69, 9.17) is 0 Å². The molecule has 7 heteroatoms. The predicted molar refractivity (Wildman–Crippen MR) is 102 cm³/mol. The van der Waals surface area contributed by atoms with Crippen molar-refractivity contribution in [1.29, 1.82) is 0 Å². The summed E-state index contributed by atoms with van der Waals surface area (Å²) in [6, 6.07) is 3.76. The minimum absolute atomic E-state index is 0.00983. The van der Waals surface area contributed by atoms with E-state index in [1.54, 1.807) is 25.8 Å². The molecule has 2 unspecified atom stereocenters. The summed E-state index contributed by atoms with van der Waals surface area (Å²) in [5.41, 5.74) is 1.09. The van der Waals surface area contributed by atoms with E-state index >= 15 is 0 Å². The molecule has 2 aromatic rings. The fourth-order valence-corrected chi connectivity index (χ4v) is 3.92. The first kappa shape index (κ1) is 17.0. The highest BCUT2D eigenvalue weighted by molar-refractivity contribution is 5.45. The molecule has 4 rings (SSSR count). The van der Waals surface area contributed by atoms with Gasteiger partial charge in [0.05, 0.1) is 12.0 Å². The Balaban J connectivity index is 1.47. The van der Waals surface area contributed by atoms with Crippen molar-refractivity contribution >= 4 is 11.6 Å². The van der Waals surface area contributed by atoms with Crippen LogP contribution in [0.25, 0.3) is 0 Å². The van der Waals surface area contributed by atoms with Crippen LogP contribution < -0.4 is 15.4 Å². The van der Waals surface area contributed by atoms with Gasteiger partial charge in [0.15, 0.2) is 0 Å². The van der Waals surface area contributed by atoms with Crippen molar-refractivity contribution in [3.05, 3.63) is 40.8 Å². The lowest BCUT2D eigenvalue weighted by Crippen LogP contribution is -2.31. The van der Waals surface area contributed by atoms with Crippen LogP contribution in [0.15, 0.2) is 29.6 Å². The normalized spacial score (nSPS) is 22.8. The van der Waals surface area contributed by atoms with Crippen LogP contribution in [0, 0.1) is 11.8 Å². The quantitative estimate of drug-likeness (QED) is 0.813. The first-order valence-electron chi connectivity index (χ1n) is 9.16. The lowest BCUT2D eigenvalue weighted by atomic mass is 9.92. The third kappa shape index (κ3) is 3.06. The molecule has 2 aliphatic rings. The SMILES string of the molecule is Cn1cnc(N2CC3CN(c4cc(C(C)(C)C)ncn4)CC3C2)cc1=O. The van der Waals surface area contributed by atoms with E-state index in [9.17, 15) is 4.79 Å². The van der Waals surface area contributed by atoms with Crippen LogP contribution in [0.1, 0.15) is 26.5 Å². The Morgan fingerprint density at radius 3 is 2.04 bits per heavy atom. The second-order valence-corrected chi connectivity index (χ2v) is 8.54. The van der Waals surface area contributed by atoms with Gasteiger partial charge in [0, 0.05) is 62.6 Å². The highest BCUT2D eigenvalue weighted by Crippen LogP contribution is 2.35. The van der Waals surface area contributed by atoms with Crippen molar-refractivity contribution in [3.63, 3.8) is 0 Å². The van der Waals surface area contributed by atoms with Crippen LogP contribution in [0.2, 0.25) is 0 Å². The molecule has 0 aromatic carbocycles. The van der Waals surface area contributed by atoms with Crippen LogP contribution in [0.3, 0.4) is 0 Å². The third-order valence-electron chi connectivity index (χ3n) is 5.52. The van der Waals surface area contributed by atoms with E-state index in [-0.39, 0.29) is 11.0 Å². The molecule has 7 nitrogen and oxygen atoms in total. The molecule has 2 atom stereocenters. The summed E-state index contributed by atoms with van der Waals surface area (Å²) in [6.07, 6.45) is 3.28. The number of hydrogen-bond donors (Lipinski definition) is 0. The summed E-state index contributed by atoms with van der Waals surface area (Å²) in [7, 11) is 1.73. The van der Waals surface area contributed by atoms with Crippen LogP contribution in [-0.2, 0) is 12.5 Å². The molecule has 0 spiro atoms. The molecule has 0 N–H and O–H groups in total. The summed E-state index contributed by atoms with van der Waals surface area (Å²) < 4.78 is 1.50. The van der Waals surface area contributed by atoms with Gasteiger partial charge < -0.3 is 14.4 Å². The average Bonchev–Trinajstić information content (AvgIpc) is 3.16. The molecule has 2 aliphatic heterocycles. The molecule has 138 valence electrons. The van der Waals surface area contributed by atoms with Crippen molar-refractivity contribution in [3.8, 4) is 0 Å². The first-order chi connectivity index (χ1) is 12.3. The largest absolute Gasteiger partial charge is 0.356 e. The van der Waals surface area contributed by atoms with Gasteiger partial charge in [-0.1, -0.05) is 20.8 Å². The topological polar surface area (TPSA) is 67.2 Å². The molecule has 0 saturated carbocycles. The highest BCUT2D eigenvalue weighted by atomic mass is 16.1. The van der Waals surface area contributed by atoms with Crippen molar-refractivity contribution < 1.29 is 0 Å². The second kappa shape index (κ2) is 6.07. The molecule has 4 heterocycles. The number of nitrogens with zero attached hydrogens (tertiary/aromatic N) is 6. The molecular formula is C19H26N6O. The van der Waals surface area contributed by atoms with Crippen LogP contribution >= 0.6 is 0 Å². The van der Waals surface area contributed by atoms with Crippen molar-refractivity contribution in [2.75, 3.05) is 36.0 Å². The molecule has 0 radical (unpaired) electrons. The van der Waals surface area contributed by atoms with Gasteiger partial charge in [0.1, 0.15) is 18.0 Å². The summed E-state index contributed by atoms with van der Waals surface area (Å²) in [6.45, 7) is 10.4. The molecular weight excluding hydrogens is 328 g/mol. The lowest BCUT2D eigenvalue weighted by Gasteiger charge is -2.24. The maximum absolute atomic E-state index is 11.9. The Labute approximate surface area is 153 Å². The first-order valence-corrected chi connectivity index (χ1v) is 9.16. The molecule has 2 fully saturated rings. The zero-order valence-electron chi connectivity index (χ0n) is 15.9. The Bertz CT molecular complexity index is 857. The van der Waals surface area contributed by atoms with E-state index in [0.29, 0.717) is 11.8 Å². The predicted octanol–water partition coefficient (Wildman–Crippen LogP) is 1.44. The number of anilines is 2. The molecule has 0 amide bonds. The van der Waals surface area contributed by atoms with E-state index in [2.05, 4.69) is 51.6 Å². The summed E-state index contributed by atoms with van der Waals surface area (Å²) in [4.78, 5) is 29.8. The van der Waals surface area contributed by atoms with Gasteiger partial charge in [-0.05, 0) is 0 Å². The highest BCUT2D eigenvalue weighted by Gasteiger charge is 2.41. The second-order valence-electron chi connectivity index (χ2n) is 8.54. The molecule has 0 bridgehead atoms. The van der Waals surface area contributed by atoms with Crippen LogP contribution in [0.5, 0.6) is 0 Å². The van der Waals surface area contributed by atoms with Gasteiger partial charge in [-0.15, -0.1) is 0 Å². The van der Waals surface area contributed by atoms with Gasteiger partial charge in [-0.3, -0.25) is 4.79 Å². The standard InChI is InChI=1S/C19H26N6O/c1-19(2,3)15-5-16(21-11-20-15)24-7-13-9-25(10-14(13)8-24)17-6-18(26)23(4)12-22-17/h5-6,11-14H,7-10H2,1-4H3. The van der Waals surface area contributed by atoms with Gasteiger partial charge in [-0.2, -0.15) is 0 Å². The van der Waals surface area contributed by atoms with E-state index in [0.717, 1.165) is 43.5 Å². The minimum Gasteiger partial charge on any atom is -0.356 e. The summed E-state index contributed by atoms with van der Waals surface area (Å²) in [5, 5.41) is 0. The molecule has 0 aliphatic carbocycles. The maximum Gasteiger partial charge on any atom is 0.255 e. The zero-order chi connectivity index (χ0) is 18.5. The molecule has 2 saturated heterocycles. The third-order valence-corrected chi connectivity index (χ3v) is 5.52. The smallest absolute Gasteiger partial charge is 0.255 e. The van der Waals surface area contributed by atoms with Crippen molar-refractivity contribution in [2.45, 2.75) is 26.2 Å². The number of aromatic nitrogens is 4. The van der Waals surface area contributed by atoms with Gasteiger partial charge in [0.2, 0.25) is 0 Å². The minimum atomic E-state index is -0.00983. The molecule has 2 aromatic heterocycles. The number of aryl methyl sites for hydroxylation is 1. The Morgan fingerprint density at radius 1 is 0.923 bits per heavy atom. The van der Waals surface area contributed by atoms with Gasteiger partial charge in [0.25, 0.3) is 5.56 Å². The number of hydrogen-bond acceptors (Lipinski definition) is 6. The van der Waals surface area contributed by atoms with Gasteiger partial charge in [-0.25, -0.2) is 15.0 Å². The van der Waals surface area contributed by atoms with Crippen LogP contribution in [-0.4, -0.2) is 45.7 Å². The van der Waals surface area contributed by atoms with E-state index < -0.39 is 0 Å². The van der Waals surface area contributed by atoms with Crippen LogP contribution in [0.4, 0.5) is 11.6 Å². The lowest BCUT2D eigenvalue weighted by molar-refractivity contribution is 0.533. The van der Waals surface area contributed by atoms with E-state index in [1.165, 1.54) is 4.57 Å². The monoisotopic (exact) mass is 354 g/mol. The van der Waals surface area contributed by atoms with E-state index in [1.807, 2.05) is 0 Å². The van der Waals surface area contributed by atoms with Crippen molar-refractivity contribution in [1.82, 2.24) is 19.5 Å². The fraction of sp³-hybridized carbons (Fsp3) is 0.579. The molecule has 26 heavy (non-hydrogen) atoms. The summed E-state index contributed by atoms with van der Waals surface area (Å²) >= 11 is 0. The summed E-state index contributed by atoms with van der Waals surface area (Å²) in [5.74, 6) is 2.98. The number of fused-ring (bicyclic) bond motifs is 1. The van der Waals surface area contributed by atoms with Crippen molar-refractivity contribution in [2.24, 2.45) is 18.9 Å². The Hall–Kier alpha value is -2.44. The Morgan fingerprint density at radius 2 is 1.50 bits per heavy atom. The van der Waals surface area contributed by atoms with Gasteiger partial charge >= 0.3 is 0 Å². The number of rotatable bonds is 2. The Kier molecular flexibility index (Phi) is 3.97. The zero-order valence-corrected chi connectivity index (χ0v) is 15.9. The maximum atomic E-state index is 11.9.